The van der Waals surface area contributed by atoms with Crippen molar-refractivity contribution in [3.63, 3.8) is 0 Å². The number of amides is 1. The third-order valence-corrected chi connectivity index (χ3v) is 3.03. The van der Waals surface area contributed by atoms with E-state index in [1.54, 1.807) is 25.3 Å². The van der Waals surface area contributed by atoms with Crippen LogP contribution in [0, 0.1) is 6.92 Å². The van der Waals surface area contributed by atoms with Crippen LogP contribution >= 0.6 is 23.2 Å². The quantitative estimate of drug-likeness (QED) is 0.839. The first-order valence-corrected chi connectivity index (χ1v) is 6.04. The van der Waals surface area contributed by atoms with E-state index in [-0.39, 0.29) is 11.3 Å². The number of hydrogen-bond donors (Lipinski definition) is 1. The van der Waals surface area contributed by atoms with Crippen molar-refractivity contribution >= 4 is 29.1 Å². The number of alkyl halides is 1. The minimum atomic E-state index is -0.233. The predicted molar refractivity (Wildman–Crippen MR) is 70.0 cm³/mol. The van der Waals surface area contributed by atoms with Crippen molar-refractivity contribution in [2.45, 2.75) is 12.3 Å². The molecule has 1 aromatic carbocycles. The number of halogens is 2. The van der Waals surface area contributed by atoms with Crippen molar-refractivity contribution in [1.29, 1.82) is 0 Å². The summed E-state index contributed by atoms with van der Waals surface area (Å²) in [4.78, 5) is 11.9. The van der Waals surface area contributed by atoms with Gasteiger partial charge in [-0.15, -0.1) is 11.6 Å². The summed E-state index contributed by atoms with van der Waals surface area (Å²) in [6.07, 6.45) is 0. The van der Waals surface area contributed by atoms with Gasteiger partial charge in [0.1, 0.15) is 0 Å². The largest absolute Gasteiger partial charge is 0.383 e. The van der Waals surface area contributed by atoms with Crippen LogP contribution in [0.5, 0.6) is 0 Å². The summed E-state index contributed by atoms with van der Waals surface area (Å²) >= 11 is 11.9. The maximum Gasteiger partial charge on any atom is 0.251 e. The van der Waals surface area contributed by atoms with Crippen LogP contribution in [-0.2, 0) is 4.74 Å². The van der Waals surface area contributed by atoms with Crippen molar-refractivity contribution in [2.75, 3.05) is 20.3 Å². The molecule has 0 spiro atoms. The summed E-state index contributed by atoms with van der Waals surface area (Å²) in [5.41, 5.74) is 1.34. The highest BCUT2D eigenvalue weighted by atomic mass is 35.5. The molecular formula is C12H15Cl2NO2. The van der Waals surface area contributed by atoms with E-state index in [0.29, 0.717) is 23.7 Å². The van der Waals surface area contributed by atoms with Crippen LogP contribution in [-0.4, -0.2) is 31.5 Å². The van der Waals surface area contributed by atoms with Gasteiger partial charge in [-0.25, -0.2) is 0 Å². The Hall–Kier alpha value is -0.770. The van der Waals surface area contributed by atoms with Gasteiger partial charge in [0.25, 0.3) is 5.91 Å². The van der Waals surface area contributed by atoms with E-state index in [4.69, 9.17) is 27.9 Å². The smallest absolute Gasteiger partial charge is 0.251 e. The molecule has 0 fully saturated rings. The zero-order chi connectivity index (χ0) is 12.8. The first-order valence-electron chi connectivity index (χ1n) is 5.22. The SMILES string of the molecule is COCC(Cl)CNC(=O)c1cccc(Cl)c1C. The van der Waals surface area contributed by atoms with Gasteiger partial charge in [-0.3, -0.25) is 4.79 Å². The summed E-state index contributed by atoms with van der Waals surface area (Å²) in [6, 6.07) is 5.23. The molecule has 0 heterocycles. The Morgan fingerprint density at radius 2 is 2.24 bits per heavy atom. The monoisotopic (exact) mass is 275 g/mol. The summed E-state index contributed by atoms with van der Waals surface area (Å²) in [6.45, 7) is 2.57. The highest BCUT2D eigenvalue weighted by molar-refractivity contribution is 6.31. The van der Waals surface area contributed by atoms with Gasteiger partial charge in [0.2, 0.25) is 0 Å². The summed E-state index contributed by atoms with van der Waals surface area (Å²) < 4.78 is 4.88. The zero-order valence-corrected chi connectivity index (χ0v) is 11.3. The van der Waals surface area contributed by atoms with Crippen molar-refractivity contribution in [3.8, 4) is 0 Å². The van der Waals surface area contributed by atoms with Crippen LogP contribution in [0.15, 0.2) is 18.2 Å². The summed E-state index contributed by atoms with van der Waals surface area (Å²) in [5, 5.41) is 3.09. The molecule has 3 nitrogen and oxygen atoms in total. The van der Waals surface area contributed by atoms with Crippen LogP contribution in [0.3, 0.4) is 0 Å². The van der Waals surface area contributed by atoms with Gasteiger partial charge in [-0.1, -0.05) is 17.7 Å². The zero-order valence-electron chi connectivity index (χ0n) is 9.80. The molecule has 0 aromatic heterocycles. The Morgan fingerprint density at radius 3 is 2.88 bits per heavy atom. The van der Waals surface area contributed by atoms with Crippen LogP contribution in [0.2, 0.25) is 5.02 Å². The van der Waals surface area contributed by atoms with Crippen LogP contribution in [0.25, 0.3) is 0 Å². The Bertz CT molecular complexity index is 396. The minimum absolute atomic E-state index is 0.174. The number of nitrogens with one attached hydrogen (secondary N) is 1. The molecule has 1 N–H and O–H groups in total. The molecule has 0 aliphatic rings. The van der Waals surface area contributed by atoms with Crippen LogP contribution < -0.4 is 5.32 Å². The maximum atomic E-state index is 11.9. The topological polar surface area (TPSA) is 38.3 Å². The molecule has 17 heavy (non-hydrogen) atoms. The lowest BCUT2D eigenvalue weighted by Gasteiger charge is -2.11. The van der Waals surface area contributed by atoms with Crippen LogP contribution in [0.1, 0.15) is 15.9 Å². The Balaban J connectivity index is 2.61. The second kappa shape index (κ2) is 6.84. The summed E-state index contributed by atoms with van der Waals surface area (Å²) in [7, 11) is 1.57. The van der Waals surface area contributed by atoms with Crippen molar-refractivity contribution in [1.82, 2.24) is 5.32 Å². The number of benzene rings is 1. The lowest BCUT2D eigenvalue weighted by Crippen LogP contribution is -2.32. The Labute approximate surface area is 111 Å². The standard InChI is InChI=1S/C12H15Cl2NO2/c1-8-10(4-3-5-11(8)14)12(16)15-6-9(13)7-17-2/h3-5,9H,6-7H2,1-2H3,(H,15,16). The fraction of sp³-hybridized carbons (Fsp3) is 0.417. The number of carbonyl (C=O) groups excluding carboxylic acids is 1. The van der Waals surface area contributed by atoms with E-state index in [9.17, 15) is 4.79 Å². The highest BCUT2D eigenvalue weighted by Gasteiger charge is 2.12. The van der Waals surface area contributed by atoms with E-state index in [2.05, 4.69) is 5.32 Å². The number of methoxy groups -OCH3 is 1. The fourth-order valence-electron chi connectivity index (χ4n) is 1.39. The first kappa shape index (κ1) is 14.3. The molecule has 0 saturated heterocycles. The molecule has 0 aliphatic heterocycles. The van der Waals surface area contributed by atoms with E-state index < -0.39 is 0 Å². The van der Waals surface area contributed by atoms with Gasteiger partial charge >= 0.3 is 0 Å². The number of ether oxygens (including phenoxy) is 1. The van der Waals surface area contributed by atoms with Gasteiger partial charge < -0.3 is 10.1 Å². The molecule has 1 unspecified atom stereocenters. The molecular weight excluding hydrogens is 261 g/mol. The second-order valence-corrected chi connectivity index (χ2v) is 4.70. The normalized spacial score (nSPS) is 12.2. The van der Waals surface area contributed by atoms with E-state index in [1.165, 1.54) is 0 Å². The molecule has 0 radical (unpaired) electrons. The van der Waals surface area contributed by atoms with Crippen molar-refractivity contribution in [3.05, 3.63) is 34.3 Å². The Kier molecular flexibility index (Phi) is 5.75. The molecule has 94 valence electrons. The fourth-order valence-corrected chi connectivity index (χ4v) is 1.77. The number of hydrogen-bond acceptors (Lipinski definition) is 2. The first-order chi connectivity index (χ1) is 8.06. The van der Waals surface area contributed by atoms with Gasteiger partial charge in [0.15, 0.2) is 0 Å². The average molecular weight is 276 g/mol. The second-order valence-electron chi connectivity index (χ2n) is 3.68. The van der Waals surface area contributed by atoms with Gasteiger partial charge in [0, 0.05) is 24.2 Å². The molecule has 0 saturated carbocycles. The van der Waals surface area contributed by atoms with Crippen molar-refractivity contribution in [2.24, 2.45) is 0 Å². The third kappa shape index (κ3) is 4.19. The number of carbonyl (C=O) groups is 1. The highest BCUT2D eigenvalue weighted by Crippen LogP contribution is 2.18. The molecule has 5 heteroatoms. The van der Waals surface area contributed by atoms with Gasteiger partial charge in [-0.2, -0.15) is 0 Å². The molecule has 1 amide bonds. The minimum Gasteiger partial charge on any atom is -0.383 e. The lowest BCUT2D eigenvalue weighted by molar-refractivity contribution is 0.0948. The average Bonchev–Trinajstić information content (AvgIpc) is 2.30. The summed E-state index contributed by atoms with van der Waals surface area (Å²) in [5.74, 6) is -0.174. The Morgan fingerprint density at radius 1 is 1.53 bits per heavy atom. The van der Waals surface area contributed by atoms with E-state index >= 15 is 0 Å². The van der Waals surface area contributed by atoms with E-state index in [1.807, 2.05) is 6.92 Å². The van der Waals surface area contributed by atoms with Crippen LogP contribution in [0.4, 0.5) is 0 Å². The molecule has 0 aliphatic carbocycles. The van der Waals surface area contributed by atoms with Gasteiger partial charge in [0.05, 0.1) is 12.0 Å². The number of rotatable bonds is 5. The third-order valence-electron chi connectivity index (χ3n) is 2.34. The molecule has 1 rings (SSSR count). The predicted octanol–water partition coefficient (Wildman–Crippen LogP) is 2.63. The molecule has 0 bridgehead atoms. The lowest BCUT2D eigenvalue weighted by atomic mass is 10.1. The van der Waals surface area contributed by atoms with Crippen molar-refractivity contribution < 1.29 is 9.53 Å². The molecule has 1 atom stereocenters. The maximum absolute atomic E-state index is 11.9. The van der Waals surface area contributed by atoms with E-state index in [0.717, 1.165) is 5.56 Å². The molecule has 1 aromatic rings. The van der Waals surface area contributed by atoms with Gasteiger partial charge in [-0.05, 0) is 24.6 Å².